The maximum Gasteiger partial charge on any atom is 0.411 e. The molecule has 110 valence electrons. The summed E-state index contributed by atoms with van der Waals surface area (Å²) in [5, 5.41) is 10.9. The highest BCUT2D eigenvalue weighted by atomic mass is 35.5. The highest BCUT2D eigenvalue weighted by molar-refractivity contribution is 6.34. The Kier molecular flexibility index (Phi) is 5.34. The van der Waals surface area contributed by atoms with Gasteiger partial charge in [0, 0.05) is 0 Å². The highest BCUT2D eigenvalue weighted by Crippen LogP contribution is 2.24. The minimum absolute atomic E-state index is 0.105. The summed E-state index contributed by atoms with van der Waals surface area (Å²) in [5.74, 6) is -2.29. The molecule has 0 fully saturated rings. The minimum Gasteiger partial charge on any atom is -0.478 e. The van der Waals surface area contributed by atoms with E-state index in [0.29, 0.717) is 0 Å². The molecule has 0 unspecified atom stereocenters. The van der Waals surface area contributed by atoms with Crippen molar-refractivity contribution < 1.29 is 32.6 Å². The number of ether oxygens (including phenoxy) is 1. The Bertz CT molecular complexity index is 519. The lowest BCUT2D eigenvalue weighted by Crippen LogP contribution is -2.24. The molecule has 1 rings (SSSR count). The molecule has 0 saturated heterocycles. The number of carboxylic acids is 1. The van der Waals surface area contributed by atoms with Crippen molar-refractivity contribution in [1.82, 2.24) is 0 Å². The van der Waals surface area contributed by atoms with Crippen LogP contribution in [0.2, 0.25) is 5.02 Å². The van der Waals surface area contributed by atoms with E-state index in [0.717, 1.165) is 0 Å². The molecular weight excluding hydrogens is 303 g/mol. The lowest BCUT2D eigenvalue weighted by Gasteiger charge is -2.10. The summed E-state index contributed by atoms with van der Waals surface area (Å²) >= 11 is 5.66. The second-order valence-electron chi connectivity index (χ2n) is 3.62. The van der Waals surface area contributed by atoms with E-state index in [9.17, 15) is 22.8 Å². The van der Waals surface area contributed by atoms with Crippen LogP contribution in [0, 0.1) is 0 Å². The Labute approximate surface area is 116 Å². The summed E-state index contributed by atoms with van der Waals surface area (Å²) in [6.07, 6.45) is -4.54. The molecule has 0 aliphatic heterocycles. The van der Waals surface area contributed by atoms with Crippen molar-refractivity contribution in [3.63, 3.8) is 0 Å². The molecule has 0 aromatic heterocycles. The van der Waals surface area contributed by atoms with Gasteiger partial charge in [-0.25, -0.2) is 4.79 Å². The third-order valence-electron chi connectivity index (χ3n) is 2.00. The smallest absolute Gasteiger partial charge is 0.411 e. The van der Waals surface area contributed by atoms with E-state index in [-0.39, 0.29) is 16.3 Å². The Morgan fingerprint density at radius 1 is 1.35 bits per heavy atom. The molecule has 0 atom stereocenters. The van der Waals surface area contributed by atoms with Gasteiger partial charge in [0.2, 0.25) is 5.91 Å². The molecule has 0 bridgehead atoms. The number of alkyl halides is 3. The van der Waals surface area contributed by atoms with Crippen molar-refractivity contribution in [3.8, 4) is 0 Å². The van der Waals surface area contributed by atoms with Gasteiger partial charge in [-0.1, -0.05) is 17.7 Å². The summed E-state index contributed by atoms with van der Waals surface area (Å²) in [5.41, 5.74) is -0.469. The predicted octanol–water partition coefficient (Wildman–Crippen LogP) is 2.56. The fraction of sp³-hybridized carbons (Fsp3) is 0.273. The van der Waals surface area contributed by atoms with Crippen molar-refractivity contribution in [1.29, 1.82) is 0 Å². The van der Waals surface area contributed by atoms with Crippen LogP contribution in [0.4, 0.5) is 18.9 Å². The van der Waals surface area contributed by atoms with E-state index in [2.05, 4.69) is 10.1 Å². The van der Waals surface area contributed by atoms with Crippen LogP contribution in [0.25, 0.3) is 0 Å². The highest BCUT2D eigenvalue weighted by Gasteiger charge is 2.27. The second-order valence-corrected chi connectivity index (χ2v) is 4.03. The maximum atomic E-state index is 11.8. The summed E-state index contributed by atoms with van der Waals surface area (Å²) in [4.78, 5) is 22.3. The number of nitrogens with one attached hydrogen (secondary N) is 1. The molecule has 0 radical (unpaired) electrons. The molecule has 5 nitrogen and oxygen atoms in total. The van der Waals surface area contributed by atoms with Crippen molar-refractivity contribution >= 4 is 29.2 Å². The lowest BCUT2D eigenvalue weighted by molar-refractivity contribution is -0.174. The molecule has 0 spiro atoms. The molecule has 0 saturated carbocycles. The molecule has 2 N–H and O–H groups in total. The number of hydrogen-bond acceptors (Lipinski definition) is 3. The number of carboxylic acid groups (broad SMARTS) is 1. The number of aromatic carboxylic acids is 1. The molecule has 20 heavy (non-hydrogen) atoms. The third-order valence-corrected chi connectivity index (χ3v) is 2.32. The molecule has 1 aromatic carbocycles. The number of anilines is 1. The third kappa shape index (κ3) is 5.06. The maximum absolute atomic E-state index is 11.8. The number of rotatable bonds is 5. The normalized spacial score (nSPS) is 11.2. The van der Waals surface area contributed by atoms with Crippen molar-refractivity contribution in [3.05, 3.63) is 28.8 Å². The van der Waals surface area contributed by atoms with Crippen LogP contribution in [0.15, 0.2) is 18.2 Å². The number of benzene rings is 1. The SMILES string of the molecule is O=C(COCC(F)(F)F)Nc1cccc(Cl)c1C(=O)O. The standard InChI is InChI=1S/C11H9ClF3NO4/c12-6-2-1-3-7(9(6)10(18)19)16-8(17)4-20-5-11(13,14)15/h1-3H,4-5H2,(H,16,17)(H,18,19). The first-order valence-corrected chi connectivity index (χ1v) is 5.54. The van der Waals surface area contributed by atoms with Gasteiger partial charge in [0.1, 0.15) is 18.8 Å². The number of halogens is 4. The summed E-state index contributed by atoms with van der Waals surface area (Å²) < 4.78 is 39.6. The number of carbonyl (C=O) groups excluding carboxylic acids is 1. The average Bonchev–Trinajstić information content (AvgIpc) is 2.26. The summed E-state index contributed by atoms with van der Waals surface area (Å²) in [7, 11) is 0. The first-order valence-electron chi connectivity index (χ1n) is 5.17. The fourth-order valence-corrected chi connectivity index (χ4v) is 1.55. The van der Waals surface area contributed by atoms with Crippen LogP contribution >= 0.6 is 11.6 Å². The van der Waals surface area contributed by atoms with Crippen molar-refractivity contribution in [2.75, 3.05) is 18.5 Å². The average molecular weight is 312 g/mol. The molecule has 0 aliphatic rings. The van der Waals surface area contributed by atoms with Gasteiger partial charge in [-0.3, -0.25) is 4.79 Å². The second kappa shape index (κ2) is 6.58. The van der Waals surface area contributed by atoms with Gasteiger partial charge < -0.3 is 15.2 Å². The van der Waals surface area contributed by atoms with Gasteiger partial charge >= 0.3 is 12.1 Å². The van der Waals surface area contributed by atoms with Crippen LogP contribution < -0.4 is 5.32 Å². The molecule has 1 amide bonds. The summed E-state index contributed by atoms with van der Waals surface area (Å²) in [6.45, 7) is -2.42. The van der Waals surface area contributed by atoms with Crippen LogP contribution in [0.1, 0.15) is 10.4 Å². The van der Waals surface area contributed by atoms with E-state index in [1.807, 2.05) is 0 Å². The predicted molar refractivity (Wildman–Crippen MR) is 63.9 cm³/mol. The molecular formula is C11H9ClF3NO4. The number of carbonyl (C=O) groups is 2. The van der Waals surface area contributed by atoms with Gasteiger partial charge in [-0.15, -0.1) is 0 Å². The molecule has 0 heterocycles. The van der Waals surface area contributed by atoms with Crippen LogP contribution in [0.3, 0.4) is 0 Å². The van der Waals surface area contributed by atoms with Crippen molar-refractivity contribution in [2.45, 2.75) is 6.18 Å². The first-order chi connectivity index (χ1) is 9.20. The monoisotopic (exact) mass is 311 g/mol. The minimum atomic E-state index is -4.54. The zero-order chi connectivity index (χ0) is 15.3. The largest absolute Gasteiger partial charge is 0.478 e. The zero-order valence-corrected chi connectivity index (χ0v) is 10.6. The van der Waals surface area contributed by atoms with Crippen LogP contribution in [0.5, 0.6) is 0 Å². The zero-order valence-electron chi connectivity index (χ0n) is 9.83. The van der Waals surface area contributed by atoms with Gasteiger partial charge in [0.25, 0.3) is 0 Å². The number of amides is 1. The Morgan fingerprint density at radius 3 is 2.55 bits per heavy atom. The van der Waals surface area contributed by atoms with E-state index >= 15 is 0 Å². The molecule has 1 aromatic rings. The van der Waals surface area contributed by atoms with Gasteiger partial charge in [-0.2, -0.15) is 13.2 Å². The Morgan fingerprint density at radius 2 is 2.00 bits per heavy atom. The lowest BCUT2D eigenvalue weighted by atomic mass is 10.2. The molecule has 0 aliphatic carbocycles. The fourth-order valence-electron chi connectivity index (χ4n) is 1.29. The Hall–Kier alpha value is -1.80. The molecule has 9 heteroatoms. The van der Waals surface area contributed by atoms with E-state index in [4.69, 9.17) is 16.7 Å². The van der Waals surface area contributed by atoms with Gasteiger partial charge in [0.05, 0.1) is 10.7 Å². The van der Waals surface area contributed by atoms with Crippen molar-refractivity contribution in [2.24, 2.45) is 0 Å². The van der Waals surface area contributed by atoms with Gasteiger partial charge in [0.15, 0.2) is 0 Å². The Balaban J connectivity index is 2.67. The first kappa shape index (κ1) is 16.3. The topological polar surface area (TPSA) is 75.6 Å². The van der Waals surface area contributed by atoms with E-state index < -0.39 is 31.3 Å². The van der Waals surface area contributed by atoms with E-state index in [1.54, 1.807) is 0 Å². The summed E-state index contributed by atoms with van der Waals surface area (Å²) in [6, 6.07) is 3.96. The van der Waals surface area contributed by atoms with Crippen LogP contribution in [-0.2, 0) is 9.53 Å². The quantitative estimate of drug-likeness (QED) is 0.876. The van der Waals surface area contributed by atoms with Crippen LogP contribution in [-0.4, -0.2) is 36.4 Å². The van der Waals surface area contributed by atoms with Gasteiger partial charge in [-0.05, 0) is 12.1 Å². The number of hydrogen-bond donors (Lipinski definition) is 2. The van der Waals surface area contributed by atoms with E-state index in [1.165, 1.54) is 18.2 Å².